The summed E-state index contributed by atoms with van der Waals surface area (Å²) in [7, 11) is 1.10. The molecule has 0 aliphatic heterocycles. The van der Waals surface area contributed by atoms with E-state index in [0.29, 0.717) is 6.07 Å². The normalized spacial score (nSPS) is 10.4. The maximum Gasteiger partial charge on any atom is 0.416 e. The Morgan fingerprint density at radius 1 is 1.35 bits per heavy atom. The van der Waals surface area contributed by atoms with Crippen LogP contribution in [0.4, 0.5) is 13.2 Å². The number of alkyl halides is 3. The highest BCUT2D eigenvalue weighted by Crippen LogP contribution is 2.32. The van der Waals surface area contributed by atoms with Gasteiger partial charge in [-0.3, -0.25) is 0 Å². The first-order chi connectivity index (χ1) is 7.82. The summed E-state index contributed by atoms with van der Waals surface area (Å²) in [6, 6.07) is 2.32. The van der Waals surface area contributed by atoms with Gasteiger partial charge >= 0.3 is 12.1 Å². The molecule has 0 atom stereocenters. The summed E-state index contributed by atoms with van der Waals surface area (Å²) in [5, 5.41) is 9.10. The van der Waals surface area contributed by atoms with Gasteiger partial charge in [-0.05, 0) is 18.2 Å². The van der Waals surface area contributed by atoms with Gasteiger partial charge in [-0.15, -0.1) is 0 Å². The quantitative estimate of drug-likeness (QED) is 0.560. The molecule has 0 radical (unpaired) electrons. The molecule has 0 aliphatic rings. The van der Waals surface area contributed by atoms with Gasteiger partial charge in [0, 0.05) is 11.5 Å². The molecule has 1 aromatic carbocycles. The Hall–Kier alpha value is -2.16. The van der Waals surface area contributed by atoms with E-state index in [1.165, 1.54) is 0 Å². The lowest BCUT2D eigenvalue weighted by Gasteiger charge is -2.07. The molecular weight excluding hydrogens is 237 g/mol. The molecule has 0 aliphatic carbocycles. The fourth-order valence-electron chi connectivity index (χ4n) is 1.02. The number of rotatable bonds is 0. The third-order valence-corrected chi connectivity index (χ3v) is 1.74. The summed E-state index contributed by atoms with van der Waals surface area (Å²) in [4.78, 5) is 10.7. The van der Waals surface area contributed by atoms with Crippen LogP contribution < -0.4 is 0 Å². The smallest absolute Gasteiger partial charge is 0.416 e. The standard InChI is InChI=1S/C11H7F3O3/c1-17-10(16)3-2-7-4-8(11(12,13)14)6-9(15)5-7/h4-6,15H,1H3. The Labute approximate surface area is 94.8 Å². The molecule has 0 spiro atoms. The average molecular weight is 244 g/mol. The monoisotopic (exact) mass is 244 g/mol. The van der Waals surface area contributed by atoms with E-state index in [-0.39, 0.29) is 5.56 Å². The second kappa shape index (κ2) is 4.78. The van der Waals surface area contributed by atoms with Gasteiger partial charge in [0.15, 0.2) is 0 Å². The minimum Gasteiger partial charge on any atom is -0.508 e. The molecule has 0 bridgehead atoms. The van der Waals surface area contributed by atoms with Gasteiger partial charge in [0.05, 0.1) is 12.7 Å². The van der Waals surface area contributed by atoms with E-state index in [1.807, 2.05) is 5.92 Å². The molecule has 0 unspecified atom stereocenters. The predicted octanol–water partition coefficient (Wildman–Crippen LogP) is 1.94. The second-order valence-electron chi connectivity index (χ2n) is 3.01. The van der Waals surface area contributed by atoms with Crippen molar-refractivity contribution in [2.24, 2.45) is 0 Å². The van der Waals surface area contributed by atoms with E-state index in [2.05, 4.69) is 10.7 Å². The Bertz CT molecular complexity index is 495. The van der Waals surface area contributed by atoms with Crippen LogP contribution in [0, 0.1) is 11.8 Å². The molecule has 3 nitrogen and oxygen atoms in total. The molecule has 1 rings (SSSR count). The minimum absolute atomic E-state index is 0.122. The van der Waals surface area contributed by atoms with Crippen molar-refractivity contribution in [3.05, 3.63) is 29.3 Å². The third-order valence-electron chi connectivity index (χ3n) is 1.74. The van der Waals surface area contributed by atoms with Crippen molar-refractivity contribution in [1.82, 2.24) is 0 Å². The number of hydrogen-bond acceptors (Lipinski definition) is 3. The van der Waals surface area contributed by atoms with Gasteiger partial charge in [0.25, 0.3) is 0 Å². The number of carbonyl (C=O) groups excluding carboxylic acids is 1. The van der Waals surface area contributed by atoms with Crippen LogP contribution in [0.3, 0.4) is 0 Å². The SMILES string of the molecule is COC(=O)C#Cc1cc(O)cc(C(F)(F)F)c1. The van der Waals surface area contributed by atoms with E-state index in [1.54, 1.807) is 0 Å². The summed E-state index contributed by atoms with van der Waals surface area (Å²) in [5.41, 5.74) is -1.16. The number of aromatic hydroxyl groups is 1. The number of hydrogen-bond donors (Lipinski definition) is 1. The van der Waals surface area contributed by atoms with Crippen molar-refractivity contribution in [3.8, 4) is 17.6 Å². The van der Waals surface area contributed by atoms with Gasteiger partial charge in [-0.25, -0.2) is 4.79 Å². The summed E-state index contributed by atoms with van der Waals surface area (Å²) < 4.78 is 41.3. The minimum atomic E-state index is -4.58. The highest BCUT2D eigenvalue weighted by atomic mass is 19.4. The number of phenolic OH excluding ortho intramolecular Hbond substituents is 1. The first kappa shape index (κ1) is 12.9. The molecule has 0 saturated heterocycles. The lowest BCUT2D eigenvalue weighted by atomic mass is 10.1. The van der Waals surface area contributed by atoms with Crippen LogP contribution in [0.25, 0.3) is 0 Å². The number of benzene rings is 1. The second-order valence-corrected chi connectivity index (χ2v) is 3.01. The number of halogens is 3. The first-order valence-corrected chi connectivity index (χ1v) is 4.34. The number of ether oxygens (including phenoxy) is 1. The van der Waals surface area contributed by atoms with Crippen molar-refractivity contribution in [2.75, 3.05) is 7.11 Å². The lowest BCUT2D eigenvalue weighted by molar-refractivity contribution is -0.137. The molecule has 17 heavy (non-hydrogen) atoms. The number of phenols is 1. The Balaban J connectivity index is 3.13. The maximum absolute atomic E-state index is 12.4. The van der Waals surface area contributed by atoms with E-state index in [9.17, 15) is 18.0 Å². The molecule has 0 heterocycles. The Morgan fingerprint density at radius 3 is 2.53 bits per heavy atom. The fourth-order valence-corrected chi connectivity index (χ4v) is 1.02. The molecule has 0 amide bonds. The summed E-state index contributed by atoms with van der Waals surface area (Å²) in [6.45, 7) is 0. The number of esters is 1. The molecule has 1 aromatic rings. The number of carbonyl (C=O) groups is 1. The average Bonchev–Trinajstić information content (AvgIpc) is 2.24. The fraction of sp³-hybridized carbons (Fsp3) is 0.182. The van der Waals surface area contributed by atoms with E-state index >= 15 is 0 Å². The van der Waals surface area contributed by atoms with Gasteiger partial charge in [-0.1, -0.05) is 5.92 Å². The van der Waals surface area contributed by atoms with Crippen LogP contribution >= 0.6 is 0 Å². The Kier molecular flexibility index (Phi) is 3.63. The largest absolute Gasteiger partial charge is 0.508 e. The van der Waals surface area contributed by atoms with E-state index in [4.69, 9.17) is 5.11 Å². The van der Waals surface area contributed by atoms with Crippen molar-refractivity contribution >= 4 is 5.97 Å². The topological polar surface area (TPSA) is 46.5 Å². The highest BCUT2D eigenvalue weighted by Gasteiger charge is 2.31. The number of methoxy groups -OCH3 is 1. The van der Waals surface area contributed by atoms with E-state index in [0.717, 1.165) is 19.2 Å². The zero-order chi connectivity index (χ0) is 13.1. The van der Waals surface area contributed by atoms with Gasteiger partial charge in [0.2, 0.25) is 0 Å². The van der Waals surface area contributed by atoms with Crippen LogP contribution in [0.5, 0.6) is 5.75 Å². The lowest BCUT2D eigenvalue weighted by Crippen LogP contribution is -2.05. The third kappa shape index (κ3) is 3.72. The van der Waals surface area contributed by atoms with Crippen LogP contribution in [0.1, 0.15) is 11.1 Å². The molecule has 1 N–H and O–H groups in total. The zero-order valence-electron chi connectivity index (χ0n) is 8.63. The molecule has 0 fully saturated rings. The van der Waals surface area contributed by atoms with Crippen molar-refractivity contribution in [3.63, 3.8) is 0 Å². The van der Waals surface area contributed by atoms with Crippen LogP contribution in [-0.4, -0.2) is 18.2 Å². The van der Waals surface area contributed by atoms with Gasteiger partial charge < -0.3 is 9.84 Å². The molecule has 0 saturated carbocycles. The Morgan fingerprint density at radius 2 is 2.00 bits per heavy atom. The molecule has 90 valence electrons. The first-order valence-electron chi connectivity index (χ1n) is 4.34. The van der Waals surface area contributed by atoms with Crippen molar-refractivity contribution < 1.29 is 27.8 Å². The van der Waals surface area contributed by atoms with E-state index < -0.39 is 23.5 Å². The van der Waals surface area contributed by atoms with Crippen molar-refractivity contribution in [1.29, 1.82) is 0 Å². The summed E-state index contributed by atoms with van der Waals surface area (Å²) in [5.74, 6) is 2.68. The predicted molar refractivity (Wildman–Crippen MR) is 52.0 cm³/mol. The summed E-state index contributed by atoms with van der Waals surface area (Å²) in [6.07, 6.45) is -4.58. The van der Waals surface area contributed by atoms with Crippen LogP contribution in [0.2, 0.25) is 0 Å². The zero-order valence-corrected chi connectivity index (χ0v) is 8.63. The maximum atomic E-state index is 12.4. The van der Waals surface area contributed by atoms with Gasteiger partial charge in [0.1, 0.15) is 5.75 Å². The van der Waals surface area contributed by atoms with Crippen LogP contribution in [-0.2, 0) is 15.7 Å². The molecule has 0 aromatic heterocycles. The summed E-state index contributed by atoms with van der Waals surface area (Å²) >= 11 is 0. The highest BCUT2D eigenvalue weighted by molar-refractivity contribution is 5.89. The van der Waals surface area contributed by atoms with Gasteiger partial charge in [-0.2, -0.15) is 13.2 Å². The molecule has 6 heteroatoms. The molecular formula is C11H7F3O3. The van der Waals surface area contributed by atoms with Crippen molar-refractivity contribution in [2.45, 2.75) is 6.18 Å². The van der Waals surface area contributed by atoms with Crippen LogP contribution in [0.15, 0.2) is 18.2 Å².